The average Bonchev–Trinajstić information content (AvgIpc) is 3.02. The highest BCUT2D eigenvalue weighted by Gasteiger charge is 2.14. The summed E-state index contributed by atoms with van der Waals surface area (Å²) in [6.45, 7) is 2.12. The van der Waals surface area contributed by atoms with Gasteiger partial charge in [0.25, 0.3) is 0 Å². The van der Waals surface area contributed by atoms with E-state index in [2.05, 4.69) is 170 Å². The van der Waals surface area contributed by atoms with Crippen LogP contribution >= 0.6 is 0 Å². The Morgan fingerprint density at radius 1 is 0.325 bits per heavy atom. The topological polar surface area (TPSA) is 3.24 Å². The third-order valence-corrected chi connectivity index (χ3v) is 7.71. The molecule has 0 saturated heterocycles. The molecule has 0 N–H and O–H groups in total. The fourth-order valence-corrected chi connectivity index (χ4v) is 5.48. The third kappa shape index (κ3) is 4.63. The SMILES string of the molecule is Cc1ccc(-c2ccc(-c3ccc(N(c4ccc5ccccc5c4)c4ccc5ccccc5c4)cc3)cc2)cc1. The molecular weight excluding hydrogens is 482 g/mol. The van der Waals surface area contributed by atoms with Crippen LogP contribution in [-0.4, -0.2) is 0 Å². The lowest BCUT2D eigenvalue weighted by atomic mass is 9.99. The van der Waals surface area contributed by atoms with Gasteiger partial charge >= 0.3 is 0 Å². The van der Waals surface area contributed by atoms with Crippen LogP contribution in [0.15, 0.2) is 158 Å². The minimum atomic E-state index is 1.13. The van der Waals surface area contributed by atoms with Crippen molar-refractivity contribution in [1.82, 2.24) is 0 Å². The van der Waals surface area contributed by atoms with Gasteiger partial charge in [0.1, 0.15) is 0 Å². The van der Waals surface area contributed by atoms with E-state index in [4.69, 9.17) is 0 Å². The minimum Gasteiger partial charge on any atom is -0.310 e. The Morgan fingerprint density at radius 2 is 0.675 bits per heavy atom. The third-order valence-electron chi connectivity index (χ3n) is 7.71. The first-order chi connectivity index (χ1) is 19.7. The van der Waals surface area contributed by atoms with Gasteiger partial charge in [0.2, 0.25) is 0 Å². The monoisotopic (exact) mass is 511 g/mol. The van der Waals surface area contributed by atoms with Gasteiger partial charge < -0.3 is 4.90 Å². The first-order valence-corrected chi connectivity index (χ1v) is 13.8. The lowest BCUT2D eigenvalue weighted by Gasteiger charge is -2.26. The zero-order chi connectivity index (χ0) is 26.9. The largest absolute Gasteiger partial charge is 0.310 e. The van der Waals surface area contributed by atoms with E-state index in [1.165, 1.54) is 49.4 Å². The lowest BCUT2D eigenvalue weighted by Crippen LogP contribution is -2.09. The van der Waals surface area contributed by atoms with Crippen molar-refractivity contribution in [2.45, 2.75) is 6.92 Å². The van der Waals surface area contributed by atoms with Crippen LogP contribution in [0.1, 0.15) is 5.56 Å². The zero-order valence-corrected chi connectivity index (χ0v) is 22.5. The molecule has 0 aromatic heterocycles. The van der Waals surface area contributed by atoms with Crippen LogP contribution in [0.5, 0.6) is 0 Å². The fraction of sp³-hybridized carbons (Fsp3) is 0.0256. The van der Waals surface area contributed by atoms with Crippen molar-refractivity contribution in [1.29, 1.82) is 0 Å². The number of rotatable bonds is 5. The highest BCUT2D eigenvalue weighted by molar-refractivity contribution is 5.92. The van der Waals surface area contributed by atoms with Gasteiger partial charge in [0.15, 0.2) is 0 Å². The predicted octanol–water partition coefficient (Wildman–Crippen LogP) is 11.1. The molecule has 7 aromatic rings. The molecule has 1 heteroatoms. The Hall–Kier alpha value is -5.14. The van der Waals surface area contributed by atoms with Crippen LogP contribution in [0.25, 0.3) is 43.8 Å². The van der Waals surface area contributed by atoms with E-state index in [1.54, 1.807) is 0 Å². The van der Waals surface area contributed by atoms with Crippen LogP contribution in [0.2, 0.25) is 0 Å². The maximum Gasteiger partial charge on any atom is 0.0468 e. The number of fused-ring (bicyclic) bond motifs is 2. The number of anilines is 3. The molecular formula is C39H29N. The molecule has 0 bridgehead atoms. The molecule has 0 amide bonds. The maximum atomic E-state index is 2.35. The standard InChI is InChI=1S/C39H29N/c1-28-10-12-31(13-11-28)32-14-16-33(17-15-32)34-18-22-37(23-19-34)40(38-24-20-29-6-2-4-8-35(29)26-38)39-25-21-30-7-3-5-9-36(30)27-39/h2-27H,1H3. The van der Waals surface area contributed by atoms with Crippen LogP contribution in [0.3, 0.4) is 0 Å². The zero-order valence-electron chi connectivity index (χ0n) is 22.5. The molecule has 40 heavy (non-hydrogen) atoms. The lowest BCUT2D eigenvalue weighted by molar-refractivity contribution is 1.29. The van der Waals surface area contributed by atoms with Crippen molar-refractivity contribution in [2.75, 3.05) is 4.90 Å². The van der Waals surface area contributed by atoms with E-state index in [9.17, 15) is 0 Å². The molecule has 0 aliphatic carbocycles. The molecule has 0 saturated carbocycles. The van der Waals surface area contributed by atoms with Crippen molar-refractivity contribution >= 4 is 38.6 Å². The predicted molar refractivity (Wildman–Crippen MR) is 172 cm³/mol. The summed E-state index contributed by atoms with van der Waals surface area (Å²) in [4.78, 5) is 2.35. The van der Waals surface area contributed by atoms with Crippen molar-refractivity contribution in [2.24, 2.45) is 0 Å². The van der Waals surface area contributed by atoms with Crippen molar-refractivity contribution in [3.63, 3.8) is 0 Å². The molecule has 0 heterocycles. The molecule has 0 aliphatic heterocycles. The summed E-state index contributed by atoms with van der Waals surface area (Å²) >= 11 is 0. The van der Waals surface area contributed by atoms with Gasteiger partial charge in [-0.15, -0.1) is 0 Å². The second-order valence-electron chi connectivity index (χ2n) is 10.4. The average molecular weight is 512 g/mol. The van der Waals surface area contributed by atoms with Crippen LogP contribution in [0.4, 0.5) is 17.1 Å². The summed E-state index contributed by atoms with van der Waals surface area (Å²) in [6, 6.07) is 57.0. The summed E-state index contributed by atoms with van der Waals surface area (Å²) in [7, 11) is 0. The first kappa shape index (κ1) is 23.9. The maximum absolute atomic E-state index is 2.35. The summed E-state index contributed by atoms with van der Waals surface area (Å²) in [5.41, 5.74) is 9.59. The van der Waals surface area contributed by atoms with E-state index in [-0.39, 0.29) is 0 Å². The Labute approximate surface area is 235 Å². The number of benzene rings is 7. The Morgan fingerprint density at radius 3 is 1.12 bits per heavy atom. The van der Waals surface area contributed by atoms with Gasteiger partial charge in [-0.2, -0.15) is 0 Å². The number of aryl methyl sites for hydroxylation is 1. The Kier molecular flexibility index (Phi) is 6.11. The summed E-state index contributed by atoms with van der Waals surface area (Å²) < 4.78 is 0. The summed E-state index contributed by atoms with van der Waals surface area (Å²) in [5, 5.41) is 4.95. The summed E-state index contributed by atoms with van der Waals surface area (Å²) in [6.07, 6.45) is 0. The molecule has 0 aliphatic rings. The Bertz CT molecular complexity index is 1850. The van der Waals surface area contributed by atoms with Gasteiger partial charge in [-0.1, -0.05) is 127 Å². The molecule has 7 aromatic carbocycles. The van der Waals surface area contributed by atoms with E-state index >= 15 is 0 Å². The van der Waals surface area contributed by atoms with Crippen molar-refractivity contribution in [3.05, 3.63) is 163 Å². The Balaban J connectivity index is 1.27. The van der Waals surface area contributed by atoms with E-state index < -0.39 is 0 Å². The van der Waals surface area contributed by atoms with Crippen molar-refractivity contribution < 1.29 is 0 Å². The van der Waals surface area contributed by atoms with Crippen LogP contribution in [0, 0.1) is 6.92 Å². The van der Waals surface area contributed by atoms with Gasteiger partial charge in [0, 0.05) is 17.1 Å². The molecule has 0 atom stereocenters. The molecule has 0 spiro atoms. The van der Waals surface area contributed by atoms with E-state index in [0.29, 0.717) is 0 Å². The second kappa shape index (κ2) is 10.2. The number of hydrogen-bond acceptors (Lipinski definition) is 1. The quantitative estimate of drug-likeness (QED) is 0.222. The van der Waals surface area contributed by atoms with Gasteiger partial charge in [-0.05, 0) is 87.1 Å². The van der Waals surface area contributed by atoms with Gasteiger partial charge in [0.05, 0.1) is 0 Å². The smallest absolute Gasteiger partial charge is 0.0468 e. The highest BCUT2D eigenvalue weighted by Crippen LogP contribution is 2.38. The minimum absolute atomic E-state index is 1.13. The van der Waals surface area contributed by atoms with E-state index in [1.807, 2.05) is 0 Å². The first-order valence-electron chi connectivity index (χ1n) is 13.8. The molecule has 1 nitrogen and oxygen atoms in total. The fourth-order valence-electron chi connectivity index (χ4n) is 5.48. The second-order valence-corrected chi connectivity index (χ2v) is 10.4. The molecule has 0 radical (unpaired) electrons. The van der Waals surface area contributed by atoms with Gasteiger partial charge in [-0.3, -0.25) is 0 Å². The summed E-state index contributed by atoms with van der Waals surface area (Å²) in [5.74, 6) is 0. The molecule has 190 valence electrons. The number of hydrogen-bond donors (Lipinski definition) is 0. The van der Waals surface area contributed by atoms with Crippen molar-refractivity contribution in [3.8, 4) is 22.3 Å². The normalized spacial score (nSPS) is 11.1. The van der Waals surface area contributed by atoms with Crippen LogP contribution in [-0.2, 0) is 0 Å². The molecule has 0 unspecified atom stereocenters. The molecule has 0 fully saturated rings. The van der Waals surface area contributed by atoms with E-state index in [0.717, 1.165) is 17.1 Å². The molecule has 7 rings (SSSR count). The number of nitrogens with zero attached hydrogens (tertiary/aromatic N) is 1. The van der Waals surface area contributed by atoms with Crippen LogP contribution < -0.4 is 4.90 Å². The highest BCUT2D eigenvalue weighted by atomic mass is 15.1. The van der Waals surface area contributed by atoms with Gasteiger partial charge in [-0.25, -0.2) is 0 Å².